The summed E-state index contributed by atoms with van der Waals surface area (Å²) in [7, 11) is 1.83. The molecular formula is C13H15N5O2S. The number of aryl methyl sites for hydroxylation is 1. The topological polar surface area (TPSA) is 103 Å². The summed E-state index contributed by atoms with van der Waals surface area (Å²) in [5, 5.41) is 10.8. The third kappa shape index (κ3) is 3.60. The van der Waals surface area contributed by atoms with Crippen LogP contribution >= 0.6 is 11.8 Å². The van der Waals surface area contributed by atoms with Gasteiger partial charge in [0.15, 0.2) is 11.0 Å². The van der Waals surface area contributed by atoms with E-state index in [1.165, 1.54) is 11.8 Å². The number of benzene rings is 1. The number of thioether (sulfide) groups is 1. The van der Waals surface area contributed by atoms with Gasteiger partial charge in [0.2, 0.25) is 5.91 Å². The van der Waals surface area contributed by atoms with Crippen molar-refractivity contribution in [3.63, 3.8) is 0 Å². The summed E-state index contributed by atoms with van der Waals surface area (Å²) in [6, 6.07) is 6.99. The van der Waals surface area contributed by atoms with Crippen molar-refractivity contribution in [1.29, 1.82) is 0 Å². The molecule has 3 amide bonds. The molecule has 0 unspecified atom stereocenters. The number of nitrogens with two attached hydrogens (primary N) is 1. The first-order valence-corrected chi connectivity index (χ1v) is 7.15. The molecule has 0 saturated heterocycles. The van der Waals surface area contributed by atoms with Gasteiger partial charge in [0, 0.05) is 12.6 Å². The molecule has 0 bridgehead atoms. The number of aromatic nitrogens is 3. The highest BCUT2D eigenvalue weighted by molar-refractivity contribution is 7.99. The molecule has 0 fully saturated rings. The lowest BCUT2D eigenvalue weighted by atomic mass is 10.1. The highest BCUT2D eigenvalue weighted by atomic mass is 32.2. The van der Waals surface area contributed by atoms with Gasteiger partial charge < -0.3 is 10.3 Å². The van der Waals surface area contributed by atoms with E-state index in [9.17, 15) is 9.59 Å². The van der Waals surface area contributed by atoms with Crippen LogP contribution in [0.3, 0.4) is 0 Å². The number of nitrogens with one attached hydrogen (secondary N) is 1. The SMILES string of the molecule is Cc1ccccc1-c1nnc(SCC(=O)NC(N)=O)n1C. The van der Waals surface area contributed by atoms with Crippen LogP contribution in [0.15, 0.2) is 29.4 Å². The minimum atomic E-state index is -0.862. The average Bonchev–Trinajstić information content (AvgIpc) is 2.77. The fourth-order valence-corrected chi connectivity index (χ4v) is 2.51. The van der Waals surface area contributed by atoms with Crippen molar-refractivity contribution in [2.75, 3.05) is 5.75 Å². The molecule has 0 aliphatic heterocycles. The molecule has 110 valence electrons. The number of hydrogen-bond donors (Lipinski definition) is 2. The molecule has 7 nitrogen and oxygen atoms in total. The first kappa shape index (κ1) is 15.0. The Labute approximate surface area is 125 Å². The summed E-state index contributed by atoms with van der Waals surface area (Å²) in [6.45, 7) is 2.00. The molecule has 0 radical (unpaired) electrons. The second-order valence-electron chi connectivity index (χ2n) is 4.38. The van der Waals surface area contributed by atoms with E-state index < -0.39 is 11.9 Å². The van der Waals surface area contributed by atoms with Crippen LogP contribution in [0, 0.1) is 6.92 Å². The predicted molar refractivity (Wildman–Crippen MR) is 79.6 cm³/mol. The minimum Gasteiger partial charge on any atom is -0.351 e. The van der Waals surface area contributed by atoms with Crippen molar-refractivity contribution in [1.82, 2.24) is 20.1 Å². The zero-order chi connectivity index (χ0) is 15.4. The third-order valence-electron chi connectivity index (χ3n) is 2.82. The molecule has 1 aromatic carbocycles. The Bertz CT molecular complexity index is 683. The van der Waals surface area contributed by atoms with Crippen LogP contribution in [0.4, 0.5) is 4.79 Å². The molecule has 0 spiro atoms. The molecule has 1 heterocycles. The summed E-state index contributed by atoms with van der Waals surface area (Å²) in [6.07, 6.45) is 0. The molecule has 0 aliphatic rings. The smallest absolute Gasteiger partial charge is 0.318 e. The summed E-state index contributed by atoms with van der Waals surface area (Å²) >= 11 is 1.19. The van der Waals surface area contributed by atoms with E-state index >= 15 is 0 Å². The summed E-state index contributed by atoms with van der Waals surface area (Å²) in [5.74, 6) is 0.307. The largest absolute Gasteiger partial charge is 0.351 e. The van der Waals surface area contributed by atoms with Gasteiger partial charge in [-0.1, -0.05) is 36.0 Å². The summed E-state index contributed by atoms with van der Waals surface area (Å²) in [4.78, 5) is 21.9. The van der Waals surface area contributed by atoms with Crippen LogP contribution in [-0.2, 0) is 11.8 Å². The zero-order valence-electron chi connectivity index (χ0n) is 11.7. The van der Waals surface area contributed by atoms with Crippen LogP contribution in [0.2, 0.25) is 0 Å². The molecular weight excluding hydrogens is 290 g/mol. The normalized spacial score (nSPS) is 10.4. The lowest BCUT2D eigenvalue weighted by molar-refractivity contribution is -0.117. The second kappa shape index (κ2) is 6.40. The van der Waals surface area contributed by atoms with Gasteiger partial charge >= 0.3 is 6.03 Å². The van der Waals surface area contributed by atoms with Gasteiger partial charge in [-0.05, 0) is 12.5 Å². The first-order chi connectivity index (χ1) is 9.99. The third-order valence-corrected chi connectivity index (χ3v) is 3.84. The Morgan fingerprint density at radius 3 is 2.71 bits per heavy atom. The van der Waals surface area contributed by atoms with Gasteiger partial charge in [-0.25, -0.2) is 4.79 Å². The van der Waals surface area contributed by atoms with Gasteiger partial charge in [-0.3, -0.25) is 10.1 Å². The number of nitrogens with zero attached hydrogens (tertiary/aromatic N) is 3. The van der Waals surface area contributed by atoms with E-state index in [-0.39, 0.29) is 5.75 Å². The first-order valence-electron chi connectivity index (χ1n) is 6.16. The maximum atomic E-state index is 11.4. The number of hydrogen-bond acceptors (Lipinski definition) is 5. The molecule has 8 heteroatoms. The average molecular weight is 305 g/mol. The van der Waals surface area contributed by atoms with E-state index in [1.54, 1.807) is 0 Å². The van der Waals surface area contributed by atoms with Crippen LogP contribution in [0.25, 0.3) is 11.4 Å². The predicted octanol–water partition coefficient (Wildman–Crippen LogP) is 1.08. The van der Waals surface area contributed by atoms with Gasteiger partial charge in [0.05, 0.1) is 5.75 Å². The number of rotatable bonds is 4. The van der Waals surface area contributed by atoms with Crippen LogP contribution in [0.5, 0.6) is 0 Å². The summed E-state index contributed by atoms with van der Waals surface area (Å²) < 4.78 is 1.81. The summed E-state index contributed by atoms with van der Waals surface area (Å²) in [5.41, 5.74) is 6.96. The van der Waals surface area contributed by atoms with Crippen molar-refractivity contribution in [3.05, 3.63) is 29.8 Å². The number of primary amides is 1. The fourth-order valence-electron chi connectivity index (χ4n) is 1.80. The molecule has 0 saturated carbocycles. The number of carbonyl (C=O) groups excluding carboxylic acids is 2. The Balaban J connectivity index is 2.13. The Morgan fingerprint density at radius 1 is 1.33 bits per heavy atom. The lowest BCUT2D eigenvalue weighted by Gasteiger charge is -2.06. The van der Waals surface area contributed by atoms with Crippen molar-refractivity contribution in [2.24, 2.45) is 12.8 Å². The van der Waals surface area contributed by atoms with Gasteiger partial charge in [-0.2, -0.15) is 0 Å². The van der Waals surface area contributed by atoms with Crippen molar-refractivity contribution >= 4 is 23.7 Å². The quantitative estimate of drug-likeness (QED) is 0.823. The van der Waals surface area contributed by atoms with E-state index in [0.29, 0.717) is 5.16 Å². The van der Waals surface area contributed by atoms with Gasteiger partial charge in [-0.15, -0.1) is 10.2 Å². The lowest BCUT2D eigenvalue weighted by Crippen LogP contribution is -2.36. The van der Waals surface area contributed by atoms with Crippen LogP contribution in [-0.4, -0.2) is 32.5 Å². The van der Waals surface area contributed by atoms with E-state index in [4.69, 9.17) is 5.73 Å². The van der Waals surface area contributed by atoms with Crippen LogP contribution in [0.1, 0.15) is 5.56 Å². The molecule has 2 rings (SSSR count). The molecule has 21 heavy (non-hydrogen) atoms. The van der Waals surface area contributed by atoms with E-state index in [1.807, 2.05) is 48.1 Å². The number of imide groups is 1. The molecule has 2 aromatic rings. The number of carbonyl (C=O) groups is 2. The van der Waals surface area contributed by atoms with E-state index in [2.05, 4.69) is 10.2 Å². The highest BCUT2D eigenvalue weighted by Crippen LogP contribution is 2.24. The van der Waals surface area contributed by atoms with Crippen molar-refractivity contribution in [2.45, 2.75) is 12.1 Å². The highest BCUT2D eigenvalue weighted by Gasteiger charge is 2.14. The Kier molecular flexibility index (Phi) is 4.59. The standard InChI is InChI=1S/C13H15N5O2S/c1-8-5-3-4-6-9(8)11-16-17-13(18(11)2)21-7-10(19)15-12(14)20/h3-6H,7H2,1-2H3,(H3,14,15,19,20). The Hall–Kier alpha value is -2.35. The van der Waals surface area contributed by atoms with Gasteiger partial charge in [0.25, 0.3) is 0 Å². The molecule has 3 N–H and O–H groups in total. The van der Waals surface area contributed by atoms with Gasteiger partial charge in [0.1, 0.15) is 0 Å². The Morgan fingerprint density at radius 2 is 2.05 bits per heavy atom. The van der Waals surface area contributed by atoms with E-state index in [0.717, 1.165) is 17.0 Å². The molecule has 1 aromatic heterocycles. The number of urea groups is 1. The monoisotopic (exact) mass is 305 g/mol. The maximum Gasteiger partial charge on any atom is 0.318 e. The number of amides is 3. The zero-order valence-corrected chi connectivity index (χ0v) is 12.5. The maximum absolute atomic E-state index is 11.4. The minimum absolute atomic E-state index is 0.0443. The molecule has 0 aliphatic carbocycles. The fraction of sp³-hybridized carbons (Fsp3) is 0.231. The van der Waals surface area contributed by atoms with Crippen LogP contribution < -0.4 is 11.1 Å². The van der Waals surface area contributed by atoms with Crippen molar-refractivity contribution in [3.8, 4) is 11.4 Å². The van der Waals surface area contributed by atoms with Crippen molar-refractivity contribution < 1.29 is 9.59 Å². The second-order valence-corrected chi connectivity index (χ2v) is 5.32. The molecule has 0 atom stereocenters.